The highest BCUT2D eigenvalue weighted by Gasteiger charge is 2.46. The molecule has 2 aliphatic rings. The average Bonchev–Trinajstić information content (AvgIpc) is 3.55. The Labute approximate surface area is 211 Å². The maximum atomic E-state index is 13.8. The Morgan fingerprint density at radius 1 is 1.28 bits per heavy atom. The number of thioether (sulfide) groups is 1. The third-order valence-corrected chi connectivity index (χ3v) is 7.96. The predicted molar refractivity (Wildman–Crippen MR) is 136 cm³/mol. The summed E-state index contributed by atoms with van der Waals surface area (Å²) in [6.07, 6.45) is -0.785. The molecule has 0 spiro atoms. The fraction of sp³-hybridized carbons (Fsp3) is 0.500. The number of nitrogens with one attached hydrogen (secondary N) is 1. The third-order valence-electron chi connectivity index (χ3n) is 6.57. The maximum Gasteiger partial charge on any atom is 0.331 e. The normalized spacial score (nSPS) is 21.5. The van der Waals surface area contributed by atoms with Gasteiger partial charge in [0, 0.05) is 32.4 Å². The number of aliphatic hydroxyl groups excluding tert-OH is 1. The predicted octanol–water partition coefficient (Wildman–Crippen LogP) is 0.987. The van der Waals surface area contributed by atoms with E-state index in [0.29, 0.717) is 29.6 Å². The number of imidazole rings is 1. The number of hydrogen-bond acceptors (Lipinski definition) is 8. The van der Waals surface area contributed by atoms with E-state index >= 15 is 0 Å². The van der Waals surface area contributed by atoms with Crippen molar-refractivity contribution in [3.8, 4) is 0 Å². The van der Waals surface area contributed by atoms with Crippen molar-refractivity contribution in [3.63, 3.8) is 0 Å². The first-order valence-corrected chi connectivity index (χ1v) is 12.8. The monoisotopic (exact) mass is 514 g/mol. The van der Waals surface area contributed by atoms with E-state index in [2.05, 4.69) is 10.3 Å². The van der Waals surface area contributed by atoms with Gasteiger partial charge in [-0.2, -0.15) is 0 Å². The zero-order valence-electron chi connectivity index (χ0n) is 20.7. The van der Waals surface area contributed by atoms with Gasteiger partial charge in [0.2, 0.25) is 5.95 Å². The van der Waals surface area contributed by atoms with Gasteiger partial charge in [0.15, 0.2) is 0 Å². The number of nitrogens with zero attached hydrogens (tertiary/aromatic N) is 5. The Hall–Kier alpha value is -3.09. The first-order chi connectivity index (χ1) is 17.2. The van der Waals surface area contributed by atoms with Crippen LogP contribution in [0.4, 0.5) is 5.95 Å². The molecule has 1 saturated heterocycles. The number of para-hydroxylation sites is 2. The number of fused-ring (bicyclic) bond motifs is 2. The molecule has 1 aromatic carbocycles. The van der Waals surface area contributed by atoms with Gasteiger partial charge in [-0.05, 0) is 18.1 Å². The highest BCUT2D eigenvalue weighted by molar-refractivity contribution is 8.00. The number of carbonyl (C=O) groups is 1. The molecule has 1 fully saturated rings. The van der Waals surface area contributed by atoms with E-state index in [1.54, 1.807) is 11.6 Å². The molecule has 4 heterocycles. The molecule has 36 heavy (non-hydrogen) atoms. The lowest BCUT2D eigenvalue weighted by molar-refractivity contribution is -0.170. The van der Waals surface area contributed by atoms with Crippen LogP contribution in [-0.2, 0) is 29.8 Å². The fourth-order valence-electron chi connectivity index (χ4n) is 4.93. The summed E-state index contributed by atoms with van der Waals surface area (Å²) in [5, 5.41) is 14.4. The second-order valence-electron chi connectivity index (χ2n) is 9.64. The maximum absolute atomic E-state index is 13.8. The van der Waals surface area contributed by atoms with Crippen LogP contribution in [0.2, 0.25) is 0 Å². The smallest absolute Gasteiger partial charge is 0.331 e. The summed E-state index contributed by atoms with van der Waals surface area (Å²) < 4.78 is 4.68. The molecule has 2 unspecified atom stereocenters. The Balaban J connectivity index is 1.65. The fourth-order valence-corrected chi connectivity index (χ4v) is 6.45. The van der Waals surface area contributed by atoms with Crippen molar-refractivity contribution in [1.82, 2.24) is 23.7 Å². The zero-order valence-corrected chi connectivity index (χ0v) is 21.5. The highest BCUT2D eigenvalue weighted by Crippen LogP contribution is 2.46. The van der Waals surface area contributed by atoms with Crippen LogP contribution in [0.3, 0.4) is 0 Å². The topological polar surface area (TPSA) is 124 Å². The van der Waals surface area contributed by atoms with Crippen molar-refractivity contribution in [2.45, 2.75) is 49.2 Å². The Bertz CT molecular complexity index is 1440. The first-order valence-electron chi connectivity index (χ1n) is 12.0. The van der Waals surface area contributed by atoms with Crippen molar-refractivity contribution in [3.05, 3.63) is 50.7 Å². The van der Waals surface area contributed by atoms with Crippen LogP contribution in [-0.4, -0.2) is 66.3 Å². The number of carbonyl (C=O) groups excluding carboxylic acids is 1. The Kier molecular flexibility index (Phi) is 6.43. The molecule has 0 aliphatic carbocycles. The number of aliphatic hydroxyl groups is 1. The number of β-amino-alcohol motifs (C(OH)–C–C–N with tert-alkyl or cyclic N) is 1. The first kappa shape index (κ1) is 24.6. The highest BCUT2D eigenvalue weighted by atomic mass is 32.2. The molecule has 0 radical (unpaired) electrons. The average molecular weight is 515 g/mol. The molecule has 0 saturated carbocycles. The second kappa shape index (κ2) is 9.41. The quantitative estimate of drug-likeness (QED) is 0.467. The lowest BCUT2D eigenvalue weighted by Gasteiger charge is -2.24. The van der Waals surface area contributed by atoms with Crippen molar-refractivity contribution >= 4 is 34.7 Å². The van der Waals surface area contributed by atoms with Crippen LogP contribution in [0, 0.1) is 5.92 Å². The standard InChI is InChI=1S/C24H30N6O5S/c1-13(2)9-29-22-19(20(32)27(4)24(29)34)18(21(33)30-10-14(31)12-35-30)17(36-22)11-28-16-8-6-5-7-15(16)26-23(28)25-3/h5-8,13-14,17-18,31H,9-12H2,1-4H3,(H,25,26)/t14-,17?,18?/m0/s1. The third kappa shape index (κ3) is 4.02. The summed E-state index contributed by atoms with van der Waals surface area (Å²) in [6.45, 7) is 4.83. The molecule has 1 amide bonds. The summed E-state index contributed by atoms with van der Waals surface area (Å²) in [5.41, 5.74) is 1.13. The summed E-state index contributed by atoms with van der Waals surface area (Å²) in [5.74, 6) is -0.466. The largest absolute Gasteiger partial charge is 0.389 e. The van der Waals surface area contributed by atoms with Crippen molar-refractivity contribution in [2.24, 2.45) is 13.0 Å². The van der Waals surface area contributed by atoms with Crippen molar-refractivity contribution < 1.29 is 14.7 Å². The van der Waals surface area contributed by atoms with E-state index in [1.807, 2.05) is 42.7 Å². The molecule has 3 aromatic rings. The summed E-state index contributed by atoms with van der Waals surface area (Å²) >= 11 is 1.37. The molecule has 2 aliphatic heterocycles. The van der Waals surface area contributed by atoms with Crippen LogP contribution in [0.15, 0.2) is 38.9 Å². The molecule has 2 aromatic heterocycles. The molecule has 11 nitrogen and oxygen atoms in total. The van der Waals surface area contributed by atoms with Gasteiger partial charge in [0.05, 0.1) is 40.2 Å². The lowest BCUT2D eigenvalue weighted by atomic mass is 9.96. The molecule has 5 rings (SSSR count). The van der Waals surface area contributed by atoms with Gasteiger partial charge in [0.1, 0.15) is 6.61 Å². The van der Waals surface area contributed by atoms with Crippen LogP contribution >= 0.6 is 11.8 Å². The summed E-state index contributed by atoms with van der Waals surface area (Å²) in [4.78, 5) is 50.4. The second-order valence-corrected chi connectivity index (χ2v) is 10.9. The van der Waals surface area contributed by atoms with Crippen molar-refractivity contribution in [1.29, 1.82) is 0 Å². The zero-order chi connectivity index (χ0) is 25.7. The Morgan fingerprint density at radius 2 is 2.03 bits per heavy atom. The molecule has 3 atom stereocenters. The molecular weight excluding hydrogens is 484 g/mol. The summed E-state index contributed by atoms with van der Waals surface area (Å²) in [7, 11) is 3.23. The number of rotatable bonds is 6. The van der Waals surface area contributed by atoms with E-state index in [9.17, 15) is 19.5 Å². The summed E-state index contributed by atoms with van der Waals surface area (Å²) in [6, 6.07) is 7.71. The minimum absolute atomic E-state index is 0.0179. The SMILES string of the molecule is CNc1nc2ccccc2n1CC1Sc2c(c(=O)n(C)c(=O)n2CC(C)C)C1C(=O)N1C[C@H](O)CO1. The minimum Gasteiger partial charge on any atom is -0.389 e. The van der Waals surface area contributed by atoms with Crippen LogP contribution in [0.5, 0.6) is 0 Å². The lowest BCUT2D eigenvalue weighted by Crippen LogP contribution is -2.44. The van der Waals surface area contributed by atoms with Gasteiger partial charge in [0.25, 0.3) is 11.5 Å². The van der Waals surface area contributed by atoms with Crippen LogP contribution in [0.1, 0.15) is 25.3 Å². The van der Waals surface area contributed by atoms with E-state index in [4.69, 9.17) is 4.84 Å². The number of hydroxylamine groups is 2. The minimum atomic E-state index is -0.862. The van der Waals surface area contributed by atoms with Crippen molar-refractivity contribution in [2.75, 3.05) is 25.5 Å². The number of amides is 1. The number of anilines is 1. The molecule has 192 valence electrons. The Morgan fingerprint density at radius 3 is 2.69 bits per heavy atom. The van der Waals surface area contributed by atoms with E-state index in [1.165, 1.54) is 18.8 Å². The van der Waals surface area contributed by atoms with E-state index in [-0.39, 0.29) is 19.1 Å². The number of aromatic nitrogens is 4. The molecular formula is C24H30N6O5S. The van der Waals surface area contributed by atoms with Crippen LogP contribution < -0.4 is 16.6 Å². The van der Waals surface area contributed by atoms with E-state index in [0.717, 1.165) is 20.7 Å². The van der Waals surface area contributed by atoms with Crippen LogP contribution in [0.25, 0.3) is 11.0 Å². The molecule has 12 heteroatoms. The van der Waals surface area contributed by atoms with Gasteiger partial charge in [-0.15, -0.1) is 11.8 Å². The number of hydrogen-bond donors (Lipinski definition) is 2. The van der Waals surface area contributed by atoms with E-state index < -0.39 is 34.4 Å². The van der Waals surface area contributed by atoms with Gasteiger partial charge in [-0.3, -0.25) is 23.6 Å². The number of benzene rings is 1. The van der Waals surface area contributed by atoms with Gasteiger partial charge < -0.3 is 15.0 Å². The van der Waals surface area contributed by atoms with Gasteiger partial charge >= 0.3 is 5.69 Å². The van der Waals surface area contributed by atoms with Gasteiger partial charge in [-0.25, -0.2) is 14.8 Å². The molecule has 0 bridgehead atoms. The van der Waals surface area contributed by atoms with Gasteiger partial charge in [-0.1, -0.05) is 26.0 Å². The molecule has 2 N–H and O–H groups in total.